The Balaban J connectivity index is 1.51. The van der Waals surface area contributed by atoms with Gasteiger partial charge in [0.25, 0.3) is 0 Å². The van der Waals surface area contributed by atoms with E-state index >= 15 is 0 Å². The van der Waals surface area contributed by atoms with Gasteiger partial charge in [0.05, 0.1) is 30.5 Å². The fourth-order valence-corrected chi connectivity index (χ4v) is 5.26. The Morgan fingerprint density at radius 3 is 2.83 bits per heavy atom. The van der Waals surface area contributed by atoms with Crippen LogP contribution in [0.3, 0.4) is 0 Å². The number of thiazole rings is 1. The molecule has 1 amide bonds. The second-order valence-electron chi connectivity index (χ2n) is 7.96. The zero-order valence-corrected chi connectivity index (χ0v) is 18.1. The van der Waals surface area contributed by atoms with E-state index in [2.05, 4.69) is 4.90 Å². The molecule has 0 radical (unpaired) electrons. The van der Waals surface area contributed by atoms with Crippen LogP contribution in [0, 0.1) is 5.92 Å². The molecule has 0 spiro atoms. The maximum Gasteiger partial charge on any atom is 0.231 e. The van der Waals surface area contributed by atoms with E-state index in [4.69, 9.17) is 14.5 Å². The van der Waals surface area contributed by atoms with E-state index in [1.54, 1.807) is 18.4 Å². The summed E-state index contributed by atoms with van der Waals surface area (Å²) in [5, 5.41) is 0.825. The van der Waals surface area contributed by atoms with Crippen molar-refractivity contribution >= 4 is 32.6 Å². The van der Waals surface area contributed by atoms with Crippen molar-refractivity contribution in [2.45, 2.75) is 38.5 Å². The summed E-state index contributed by atoms with van der Waals surface area (Å²) in [7, 11) is 1.67. The highest BCUT2D eigenvalue weighted by molar-refractivity contribution is 7.22. The van der Waals surface area contributed by atoms with Crippen LogP contribution in [0.25, 0.3) is 10.2 Å². The van der Waals surface area contributed by atoms with Gasteiger partial charge in [-0.3, -0.25) is 14.6 Å². The second-order valence-corrected chi connectivity index (χ2v) is 8.97. The SMILES string of the molecule is COc1ccc2sc(N(CCCN3CCOCC3)C(=O)C3CCCCC3)nc2c1. The molecule has 1 aliphatic carbocycles. The number of hydrogen-bond acceptors (Lipinski definition) is 6. The fraction of sp³-hybridized carbons (Fsp3) is 0.636. The van der Waals surface area contributed by atoms with Crippen LogP contribution in [-0.4, -0.2) is 62.3 Å². The third kappa shape index (κ3) is 5.08. The first-order valence-electron chi connectivity index (χ1n) is 10.8. The summed E-state index contributed by atoms with van der Waals surface area (Å²) in [4.78, 5) is 22.6. The van der Waals surface area contributed by atoms with Gasteiger partial charge in [0, 0.05) is 38.2 Å². The summed E-state index contributed by atoms with van der Waals surface area (Å²) in [6.45, 7) is 5.31. The van der Waals surface area contributed by atoms with Crippen LogP contribution >= 0.6 is 11.3 Å². The van der Waals surface area contributed by atoms with Crippen molar-refractivity contribution in [3.05, 3.63) is 18.2 Å². The first kappa shape index (κ1) is 20.6. The molecule has 2 heterocycles. The molecule has 0 unspecified atom stereocenters. The van der Waals surface area contributed by atoms with Crippen LogP contribution in [0.5, 0.6) is 5.75 Å². The lowest BCUT2D eigenvalue weighted by Crippen LogP contribution is -2.41. The van der Waals surface area contributed by atoms with Gasteiger partial charge in [0.1, 0.15) is 5.75 Å². The Morgan fingerprint density at radius 2 is 2.07 bits per heavy atom. The molecule has 1 saturated carbocycles. The van der Waals surface area contributed by atoms with E-state index in [0.29, 0.717) is 0 Å². The Morgan fingerprint density at radius 1 is 1.28 bits per heavy atom. The standard InChI is InChI=1S/C22H31N3O3S/c1-27-18-8-9-20-19(16-18)23-22(29-20)25(21(26)17-6-3-2-4-7-17)11-5-10-24-12-14-28-15-13-24/h8-9,16-17H,2-7,10-15H2,1H3. The van der Waals surface area contributed by atoms with Crippen molar-refractivity contribution in [1.82, 2.24) is 9.88 Å². The van der Waals surface area contributed by atoms with Gasteiger partial charge in [-0.15, -0.1) is 0 Å². The molecule has 2 aromatic rings. The molecule has 1 aromatic carbocycles. The molecular weight excluding hydrogens is 386 g/mol. The van der Waals surface area contributed by atoms with Crippen LogP contribution in [0.4, 0.5) is 5.13 Å². The Bertz CT molecular complexity index is 813. The summed E-state index contributed by atoms with van der Waals surface area (Å²) in [6.07, 6.45) is 6.55. The highest BCUT2D eigenvalue weighted by Crippen LogP contribution is 2.34. The number of nitrogens with zero attached hydrogens (tertiary/aromatic N) is 3. The number of aromatic nitrogens is 1. The number of rotatable bonds is 7. The maximum absolute atomic E-state index is 13.4. The first-order chi connectivity index (χ1) is 14.2. The lowest BCUT2D eigenvalue weighted by atomic mass is 9.88. The molecule has 0 bridgehead atoms. The number of benzene rings is 1. The zero-order chi connectivity index (χ0) is 20.1. The lowest BCUT2D eigenvalue weighted by molar-refractivity contribution is -0.123. The second kappa shape index (κ2) is 9.87. The number of amides is 1. The minimum Gasteiger partial charge on any atom is -0.497 e. The summed E-state index contributed by atoms with van der Waals surface area (Å²) in [5.74, 6) is 1.21. The summed E-state index contributed by atoms with van der Waals surface area (Å²) in [6, 6.07) is 5.94. The first-order valence-corrected chi connectivity index (χ1v) is 11.6. The zero-order valence-electron chi connectivity index (χ0n) is 17.3. The fourth-order valence-electron chi connectivity index (χ4n) is 4.28. The number of fused-ring (bicyclic) bond motifs is 1. The average molecular weight is 418 g/mol. The van der Waals surface area contributed by atoms with Crippen LogP contribution in [0.15, 0.2) is 18.2 Å². The third-order valence-electron chi connectivity index (χ3n) is 5.99. The topological polar surface area (TPSA) is 54.9 Å². The van der Waals surface area contributed by atoms with Crippen LogP contribution < -0.4 is 9.64 Å². The van der Waals surface area contributed by atoms with Crippen molar-refractivity contribution in [2.24, 2.45) is 5.92 Å². The maximum atomic E-state index is 13.4. The Labute approximate surface area is 176 Å². The van der Waals surface area contributed by atoms with Gasteiger partial charge in [0.15, 0.2) is 5.13 Å². The van der Waals surface area contributed by atoms with Crippen molar-refractivity contribution in [3.8, 4) is 5.75 Å². The van der Waals surface area contributed by atoms with E-state index in [9.17, 15) is 4.79 Å². The van der Waals surface area contributed by atoms with Gasteiger partial charge in [-0.25, -0.2) is 4.98 Å². The van der Waals surface area contributed by atoms with Crippen molar-refractivity contribution < 1.29 is 14.3 Å². The minimum atomic E-state index is 0.147. The molecular formula is C22H31N3O3S. The molecule has 1 aromatic heterocycles. The number of morpholine rings is 1. The molecule has 29 heavy (non-hydrogen) atoms. The lowest BCUT2D eigenvalue weighted by Gasteiger charge is -2.30. The molecule has 7 heteroatoms. The largest absolute Gasteiger partial charge is 0.497 e. The predicted octanol–water partition coefficient (Wildman–Crippen LogP) is 3.94. The van der Waals surface area contributed by atoms with E-state index in [1.165, 1.54) is 6.42 Å². The smallest absolute Gasteiger partial charge is 0.231 e. The van der Waals surface area contributed by atoms with Crippen LogP contribution in [0.2, 0.25) is 0 Å². The normalized spacial score (nSPS) is 18.8. The van der Waals surface area contributed by atoms with E-state index in [-0.39, 0.29) is 11.8 Å². The molecule has 0 N–H and O–H groups in total. The highest BCUT2D eigenvalue weighted by atomic mass is 32.1. The van der Waals surface area contributed by atoms with Crippen molar-refractivity contribution in [3.63, 3.8) is 0 Å². The monoisotopic (exact) mass is 417 g/mol. The number of carbonyl (C=O) groups excluding carboxylic acids is 1. The number of hydrogen-bond donors (Lipinski definition) is 0. The van der Waals surface area contributed by atoms with E-state index in [1.807, 2.05) is 23.1 Å². The molecule has 1 aliphatic heterocycles. The van der Waals surface area contributed by atoms with Gasteiger partial charge in [-0.05, 0) is 31.4 Å². The van der Waals surface area contributed by atoms with Gasteiger partial charge in [-0.2, -0.15) is 0 Å². The molecule has 2 fully saturated rings. The molecule has 1 saturated heterocycles. The number of ether oxygens (including phenoxy) is 2. The number of carbonyl (C=O) groups is 1. The average Bonchev–Trinajstić information content (AvgIpc) is 3.20. The number of anilines is 1. The quantitative estimate of drug-likeness (QED) is 0.683. The summed E-state index contributed by atoms with van der Waals surface area (Å²) < 4.78 is 11.9. The van der Waals surface area contributed by atoms with E-state index in [0.717, 1.165) is 92.6 Å². The van der Waals surface area contributed by atoms with Crippen LogP contribution in [-0.2, 0) is 9.53 Å². The van der Waals surface area contributed by atoms with Crippen LogP contribution in [0.1, 0.15) is 38.5 Å². The van der Waals surface area contributed by atoms with Gasteiger partial charge < -0.3 is 9.47 Å². The summed E-state index contributed by atoms with van der Waals surface area (Å²) in [5.41, 5.74) is 0.902. The van der Waals surface area contributed by atoms with E-state index < -0.39 is 0 Å². The molecule has 4 rings (SSSR count). The van der Waals surface area contributed by atoms with Gasteiger partial charge in [0.2, 0.25) is 5.91 Å². The molecule has 2 aliphatic rings. The summed E-state index contributed by atoms with van der Waals surface area (Å²) >= 11 is 1.61. The van der Waals surface area contributed by atoms with Gasteiger partial charge >= 0.3 is 0 Å². The number of methoxy groups -OCH3 is 1. The van der Waals surface area contributed by atoms with Crippen molar-refractivity contribution in [2.75, 3.05) is 51.4 Å². The molecule has 0 atom stereocenters. The Hall–Kier alpha value is -1.70. The van der Waals surface area contributed by atoms with Gasteiger partial charge in [-0.1, -0.05) is 30.6 Å². The molecule has 158 valence electrons. The highest BCUT2D eigenvalue weighted by Gasteiger charge is 2.28. The molecule has 6 nitrogen and oxygen atoms in total. The third-order valence-corrected chi connectivity index (χ3v) is 7.05. The van der Waals surface area contributed by atoms with Crippen molar-refractivity contribution in [1.29, 1.82) is 0 Å². The Kier molecular flexibility index (Phi) is 7.00. The predicted molar refractivity (Wildman–Crippen MR) is 117 cm³/mol. The minimum absolute atomic E-state index is 0.147.